The van der Waals surface area contributed by atoms with Crippen LogP contribution in [0.1, 0.15) is 49.1 Å². The molecule has 0 saturated heterocycles. The third-order valence-electron chi connectivity index (χ3n) is 4.26. The van der Waals surface area contributed by atoms with E-state index in [0.717, 1.165) is 12.8 Å². The predicted octanol–water partition coefficient (Wildman–Crippen LogP) is 1.06. The fraction of sp³-hybridized carbons (Fsp3) is 0.733. The molecule has 1 saturated carbocycles. The van der Waals surface area contributed by atoms with Crippen molar-refractivity contribution in [3.8, 4) is 0 Å². The number of aliphatic hydroxyl groups is 2. The van der Waals surface area contributed by atoms with Crippen LogP contribution in [-0.2, 0) is 0 Å². The standard InChI is InChI=1S/C15H25N3O3/c1-15(10-19,11-20)9-17(2)14(21)13-7-8-18(16-13)12-5-3-4-6-12/h7-8,12,19-20H,3-6,9-11H2,1-2H3. The maximum atomic E-state index is 12.4. The second-order valence-corrected chi connectivity index (χ2v) is 6.41. The lowest BCUT2D eigenvalue weighted by atomic mass is 9.92. The number of rotatable bonds is 6. The summed E-state index contributed by atoms with van der Waals surface area (Å²) in [6, 6.07) is 2.16. The van der Waals surface area contributed by atoms with Crippen LogP contribution in [0.4, 0.5) is 0 Å². The van der Waals surface area contributed by atoms with Gasteiger partial charge in [0, 0.05) is 25.2 Å². The fourth-order valence-corrected chi connectivity index (χ4v) is 2.81. The molecule has 0 radical (unpaired) electrons. The summed E-state index contributed by atoms with van der Waals surface area (Å²) in [4.78, 5) is 13.9. The molecule has 0 bridgehead atoms. The van der Waals surface area contributed by atoms with E-state index in [2.05, 4.69) is 5.10 Å². The highest BCUT2D eigenvalue weighted by atomic mass is 16.3. The summed E-state index contributed by atoms with van der Waals surface area (Å²) in [5.74, 6) is -0.181. The first kappa shape index (κ1) is 16.0. The molecule has 118 valence electrons. The number of amides is 1. The van der Waals surface area contributed by atoms with Gasteiger partial charge < -0.3 is 15.1 Å². The van der Waals surface area contributed by atoms with Crippen molar-refractivity contribution in [1.29, 1.82) is 0 Å². The number of nitrogens with zero attached hydrogens (tertiary/aromatic N) is 3. The lowest BCUT2D eigenvalue weighted by molar-refractivity contribution is 0.0363. The molecular formula is C15H25N3O3. The zero-order valence-electron chi connectivity index (χ0n) is 12.8. The summed E-state index contributed by atoms with van der Waals surface area (Å²) in [5.41, 5.74) is -0.277. The number of carbonyl (C=O) groups excluding carboxylic acids is 1. The van der Waals surface area contributed by atoms with Gasteiger partial charge in [-0.05, 0) is 18.9 Å². The fourth-order valence-electron chi connectivity index (χ4n) is 2.81. The summed E-state index contributed by atoms with van der Waals surface area (Å²) in [6.45, 7) is 1.69. The van der Waals surface area contributed by atoms with Crippen LogP contribution >= 0.6 is 0 Å². The largest absolute Gasteiger partial charge is 0.396 e. The minimum Gasteiger partial charge on any atom is -0.396 e. The molecule has 0 atom stereocenters. The number of aromatic nitrogens is 2. The van der Waals surface area contributed by atoms with Gasteiger partial charge in [0.05, 0.1) is 19.3 Å². The summed E-state index contributed by atoms with van der Waals surface area (Å²) in [5, 5.41) is 23.0. The van der Waals surface area contributed by atoms with E-state index in [4.69, 9.17) is 0 Å². The minimum atomic E-state index is -0.696. The molecule has 1 aliphatic carbocycles. The van der Waals surface area contributed by atoms with Crippen LogP contribution < -0.4 is 0 Å². The molecule has 1 fully saturated rings. The van der Waals surface area contributed by atoms with Gasteiger partial charge in [0.2, 0.25) is 0 Å². The van der Waals surface area contributed by atoms with Gasteiger partial charge in [-0.15, -0.1) is 0 Å². The zero-order chi connectivity index (χ0) is 15.5. The first-order chi connectivity index (χ1) is 9.99. The van der Waals surface area contributed by atoms with E-state index in [1.54, 1.807) is 20.0 Å². The summed E-state index contributed by atoms with van der Waals surface area (Å²) < 4.78 is 1.89. The van der Waals surface area contributed by atoms with Gasteiger partial charge in [0.25, 0.3) is 5.91 Å². The van der Waals surface area contributed by atoms with Crippen LogP contribution in [0.25, 0.3) is 0 Å². The molecule has 6 nitrogen and oxygen atoms in total. The number of aliphatic hydroxyl groups excluding tert-OH is 2. The Balaban J connectivity index is 2.02. The first-order valence-electron chi connectivity index (χ1n) is 7.51. The monoisotopic (exact) mass is 295 g/mol. The van der Waals surface area contributed by atoms with E-state index in [1.165, 1.54) is 17.7 Å². The topological polar surface area (TPSA) is 78.6 Å². The Morgan fingerprint density at radius 2 is 2.05 bits per heavy atom. The Bertz CT molecular complexity index is 476. The van der Waals surface area contributed by atoms with Crippen molar-refractivity contribution in [2.24, 2.45) is 5.41 Å². The molecule has 6 heteroatoms. The van der Waals surface area contributed by atoms with Crippen molar-refractivity contribution in [3.05, 3.63) is 18.0 Å². The smallest absolute Gasteiger partial charge is 0.274 e. The van der Waals surface area contributed by atoms with Crippen LogP contribution in [0.3, 0.4) is 0 Å². The molecule has 0 aliphatic heterocycles. The van der Waals surface area contributed by atoms with Crippen LogP contribution in [0.2, 0.25) is 0 Å². The Hall–Kier alpha value is -1.40. The third-order valence-corrected chi connectivity index (χ3v) is 4.26. The number of hydrogen-bond donors (Lipinski definition) is 2. The quantitative estimate of drug-likeness (QED) is 0.822. The average molecular weight is 295 g/mol. The van der Waals surface area contributed by atoms with E-state index in [-0.39, 0.29) is 25.7 Å². The van der Waals surface area contributed by atoms with Crippen molar-refractivity contribution in [3.63, 3.8) is 0 Å². The second-order valence-electron chi connectivity index (χ2n) is 6.41. The van der Waals surface area contributed by atoms with Crippen molar-refractivity contribution in [2.75, 3.05) is 26.8 Å². The maximum absolute atomic E-state index is 12.4. The highest BCUT2D eigenvalue weighted by Crippen LogP contribution is 2.28. The third kappa shape index (κ3) is 3.63. The summed E-state index contributed by atoms with van der Waals surface area (Å²) >= 11 is 0. The molecule has 1 heterocycles. The van der Waals surface area contributed by atoms with E-state index >= 15 is 0 Å². The van der Waals surface area contributed by atoms with Gasteiger partial charge in [-0.25, -0.2) is 0 Å². The average Bonchev–Trinajstić information content (AvgIpc) is 3.16. The Morgan fingerprint density at radius 3 is 2.62 bits per heavy atom. The van der Waals surface area contributed by atoms with Crippen molar-refractivity contribution >= 4 is 5.91 Å². The van der Waals surface area contributed by atoms with E-state index in [9.17, 15) is 15.0 Å². The highest BCUT2D eigenvalue weighted by Gasteiger charge is 2.28. The zero-order valence-corrected chi connectivity index (χ0v) is 12.8. The van der Waals surface area contributed by atoms with Crippen LogP contribution in [-0.4, -0.2) is 57.6 Å². The number of carbonyl (C=O) groups is 1. The minimum absolute atomic E-state index is 0.169. The van der Waals surface area contributed by atoms with Gasteiger partial charge in [-0.3, -0.25) is 9.48 Å². The van der Waals surface area contributed by atoms with Crippen LogP contribution in [0.15, 0.2) is 12.3 Å². The van der Waals surface area contributed by atoms with Crippen molar-refractivity contribution < 1.29 is 15.0 Å². The molecule has 2 N–H and O–H groups in total. The van der Waals surface area contributed by atoms with Gasteiger partial charge in [0.1, 0.15) is 5.69 Å². The maximum Gasteiger partial charge on any atom is 0.274 e. The van der Waals surface area contributed by atoms with Gasteiger partial charge in [-0.2, -0.15) is 5.10 Å². The molecule has 1 amide bonds. The lowest BCUT2D eigenvalue weighted by Crippen LogP contribution is -2.41. The Kier molecular flexibility index (Phi) is 5.00. The molecule has 1 aromatic rings. The molecule has 0 aromatic carbocycles. The van der Waals surface area contributed by atoms with Gasteiger partial charge in [-0.1, -0.05) is 19.8 Å². The Labute approximate surface area is 125 Å². The van der Waals surface area contributed by atoms with E-state index < -0.39 is 5.41 Å². The van der Waals surface area contributed by atoms with Gasteiger partial charge in [0.15, 0.2) is 0 Å². The van der Waals surface area contributed by atoms with Crippen molar-refractivity contribution in [2.45, 2.75) is 38.6 Å². The molecule has 1 aromatic heterocycles. The highest BCUT2D eigenvalue weighted by molar-refractivity contribution is 5.92. The summed E-state index contributed by atoms with van der Waals surface area (Å²) in [6.07, 6.45) is 6.56. The number of hydrogen-bond acceptors (Lipinski definition) is 4. The van der Waals surface area contributed by atoms with Crippen LogP contribution in [0, 0.1) is 5.41 Å². The molecular weight excluding hydrogens is 270 g/mol. The first-order valence-corrected chi connectivity index (χ1v) is 7.51. The van der Waals surface area contributed by atoms with E-state index in [1.807, 2.05) is 10.9 Å². The molecule has 2 rings (SSSR count). The Morgan fingerprint density at radius 1 is 1.43 bits per heavy atom. The summed E-state index contributed by atoms with van der Waals surface area (Å²) in [7, 11) is 1.67. The molecule has 0 spiro atoms. The molecule has 1 aliphatic rings. The van der Waals surface area contributed by atoms with E-state index in [0.29, 0.717) is 11.7 Å². The SMILES string of the molecule is CN(CC(C)(CO)CO)C(=O)c1ccn(C2CCCC2)n1. The molecule has 21 heavy (non-hydrogen) atoms. The predicted molar refractivity (Wildman–Crippen MR) is 79.0 cm³/mol. The normalized spacial score (nSPS) is 16.4. The van der Waals surface area contributed by atoms with Crippen molar-refractivity contribution in [1.82, 2.24) is 14.7 Å². The molecule has 0 unspecified atom stereocenters. The second kappa shape index (κ2) is 6.58. The van der Waals surface area contributed by atoms with Crippen LogP contribution in [0.5, 0.6) is 0 Å². The lowest BCUT2D eigenvalue weighted by Gasteiger charge is -2.29. The van der Waals surface area contributed by atoms with Gasteiger partial charge >= 0.3 is 0 Å².